The molecule has 1 atom stereocenters. The fraction of sp³-hybridized carbons (Fsp3) is 0.467. The van der Waals surface area contributed by atoms with E-state index in [4.69, 9.17) is 4.74 Å². The first kappa shape index (κ1) is 16.8. The number of amides is 1. The molecule has 0 bridgehead atoms. The van der Waals surface area contributed by atoms with Gasteiger partial charge in [0, 0.05) is 18.6 Å². The first-order chi connectivity index (χ1) is 12.6. The number of aryl methyl sites for hydroxylation is 1. The van der Waals surface area contributed by atoms with Crippen LogP contribution >= 0.6 is 11.3 Å². The highest BCUT2D eigenvalue weighted by molar-refractivity contribution is 7.15. The van der Waals surface area contributed by atoms with E-state index in [1.54, 1.807) is 6.92 Å². The summed E-state index contributed by atoms with van der Waals surface area (Å²) in [6.07, 6.45) is 3.74. The SMILES string of the molecule is Cc1nc2nc[nH]n2c(=O)c1CCC(=O)Nc1nnc([C@@H]2CCCO2)s1. The van der Waals surface area contributed by atoms with Gasteiger partial charge in [0.05, 0.1) is 5.69 Å². The van der Waals surface area contributed by atoms with E-state index in [9.17, 15) is 9.59 Å². The van der Waals surface area contributed by atoms with Crippen molar-refractivity contribution in [1.82, 2.24) is 29.8 Å². The van der Waals surface area contributed by atoms with Crippen molar-refractivity contribution in [2.24, 2.45) is 0 Å². The molecule has 3 aromatic rings. The lowest BCUT2D eigenvalue weighted by molar-refractivity contribution is -0.116. The van der Waals surface area contributed by atoms with E-state index in [2.05, 4.69) is 30.6 Å². The maximum absolute atomic E-state index is 12.4. The molecule has 136 valence electrons. The molecule has 2 N–H and O–H groups in total. The number of aromatic amines is 1. The number of rotatable bonds is 5. The minimum absolute atomic E-state index is 0.0203. The Morgan fingerprint density at radius 1 is 1.50 bits per heavy atom. The van der Waals surface area contributed by atoms with Crippen molar-refractivity contribution < 1.29 is 9.53 Å². The van der Waals surface area contributed by atoms with Crippen LogP contribution in [-0.2, 0) is 16.0 Å². The van der Waals surface area contributed by atoms with Crippen molar-refractivity contribution in [2.75, 3.05) is 11.9 Å². The van der Waals surface area contributed by atoms with Crippen molar-refractivity contribution in [1.29, 1.82) is 0 Å². The average Bonchev–Trinajstić information content (AvgIpc) is 3.35. The van der Waals surface area contributed by atoms with Gasteiger partial charge in [-0.05, 0) is 26.2 Å². The Kier molecular flexibility index (Phi) is 4.47. The minimum Gasteiger partial charge on any atom is -0.371 e. The molecule has 1 aliphatic rings. The van der Waals surface area contributed by atoms with E-state index in [0.717, 1.165) is 24.5 Å². The van der Waals surface area contributed by atoms with Crippen LogP contribution in [0.15, 0.2) is 11.1 Å². The van der Waals surface area contributed by atoms with Crippen LogP contribution in [0, 0.1) is 6.92 Å². The highest BCUT2D eigenvalue weighted by atomic mass is 32.1. The van der Waals surface area contributed by atoms with Crippen molar-refractivity contribution in [3.05, 3.63) is 32.9 Å². The Morgan fingerprint density at radius 3 is 3.19 bits per heavy atom. The third-order valence-electron chi connectivity index (χ3n) is 4.23. The molecule has 10 nitrogen and oxygen atoms in total. The second kappa shape index (κ2) is 6.92. The lowest BCUT2D eigenvalue weighted by atomic mass is 10.1. The summed E-state index contributed by atoms with van der Waals surface area (Å²) in [4.78, 5) is 32.8. The lowest BCUT2D eigenvalue weighted by Gasteiger charge is -2.05. The van der Waals surface area contributed by atoms with Crippen LogP contribution in [0.1, 0.15) is 41.6 Å². The molecule has 1 amide bonds. The number of nitrogens with zero attached hydrogens (tertiary/aromatic N) is 5. The summed E-state index contributed by atoms with van der Waals surface area (Å²) < 4.78 is 6.82. The van der Waals surface area contributed by atoms with Crippen LogP contribution in [0.3, 0.4) is 0 Å². The van der Waals surface area contributed by atoms with Gasteiger partial charge in [0.1, 0.15) is 17.4 Å². The van der Waals surface area contributed by atoms with E-state index in [1.807, 2.05) is 0 Å². The van der Waals surface area contributed by atoms with Gasteiger partial charge in [-0.1, -0.05) is 11.3 Å². The number of ether oxygens (including phenoxy) is 1. The molecule has 0 aromatic carbocycles. The third-order valence-corrected chi connectivity index (χ3v) is 5.16. The summed E-state index contributed by atoms with van der Waals surface area (Å²) in [6, 6.07) is 0. The Morgan fingerprint density at radius 2 is 2.38 bits per heavy atom. The van der Waals surface area contributed by atoms with Gasteiger partial charge in [-0.25, -0.2) is 9.97 Å². The molecule has 0 unspecified atom stereocenters. The van der Waals surface area contributed by atoms with Crippen molar-refractivity contribution in [3.8, 4) is 0 Å². The number of anilines is 1. The summed E-state index contributed by atoms with van der Waals surface area (Å²) in [6.45, 7) is 2.47. The Bertz CT molecular complexity index is 1000. The molecule has 3 aromatic heterocycles. The number of hydrogen-bond acceptors (Lipinski definition) is 8. The van der Waals surface area contributed by atoms with Gasteiger partial charge in [0.15, 0.2) is 0 Å². The summed E-state index contributed by atoms with van der Waals surface area (Å²) in [5.41, 5.74) is 0.820. The molecule has 0 aliphatic carbocycles. The van der Waals surface area contributed by atoms with Gasteiger partial charge in [-0.2, -0.15) is 4.52 Å². The van der Waals surface area contributed by atoms with E-state index in [1.165, 1.54) is 22.2 Å². The molecule has 1 aliphatic heterocycles. The first-order valence-corrected chi connectivity index (χ1v) is 9.10. The van der Waals surface area contributed by atoms with E-state index < -0.39 is 0 Å². The maximum Gasteiger partial charge on any atom is 0.277 e. The molecule has 26 heavy (non-hydrogen) atoms. The molecular formula is C15H17N7O3S. The molecular weight excluding hydrogens is 358 g/mol. The van der Waals surface area contributed by atoms with Crippen LogP contribution in [-0.4, -0.2) is 42.3 Å². The molecule has 4 heterocycles. The number of fused-ring (bicyclic) bond motifs is 1. The molecule has 4 rings (SSSR count). The summed E-state index contributed by atoms with van der Waals surface area (Å²) in [7, 11) is 0. The monoisotopic (exact) mass is 375 g/mol. The van der Waals surface area contributed by atoms with E-state index in [-0.39, 0.29) is 30.4 Å². The lowest BCUT2D eigenvalue weighted by Crippen LogP contribution is -2.23. The number of aromatic nitrogens is 6. The Labute approximate surface area is 151 Å². The summed E-state index contributed by atoms with van der Waals surface area (Å²) >= 11 is 1.32. The quantitative estimate of drug-likeness (QED) is 0.681. The molecule has 11 heteroatoms. The zero-order valence-electron chi connectivity index (χ0n) is 14.1. The highest BCUT2D eigenvalue weighted by Crippen LogP contribution is 2.31. The summed E-state index contributed by atoms with van der Waals surface area (Å²) in [5, 5.41) is 14.7. The molecule has 0 spiro atoms. The Hall–Kier alpha value is -2.66. The topological polar surface area (TPSA) is 127 Å². The van der Waals surface area contributed by atoms with Crippen molar-refractivity contribution >= 4 is 28.2 Å². The number of nitrogens with one attached hydrogen (secondary N) is 2. The van der Waals surface area contributed by atoms with Gasteiger partial charge < -0.3 is 10.1 Å². The largest absolute Gasteiger partial charge is 0.371 e. The number of carbonyl (C=O) groups excluding carboxylic acids is 1. The van der Waals surface area contributed by atoms with E-state index in [0.29, 0.717) is 22.2 Å². The number of hydrogen-bond donors (Lipinski definition) is 2. The second-order valence-corrected chi connectivity index (χ2v) is 7.01. The zero-order chi connectivity index (χ0) is 18.1. The zero-order valence-corrected chi connectivity index (χ0v) is 14.9. The first-order valence-electron chi connectivity index (χ1n) is 8.28. The predicted octanol–water partition coefficient (Wildman–Crippen LogP) is 1.00. The van der Waals surface area contributed by atoms with Gasteiger partial charge in [0.25, 0.3) is 11.3 Å². The molecule has 1 saturated heterocycles. The molecule has 0 radical (unpaired) electrons. The van der Waals surface area contributed by atoms with Crippen LogP contribution in [0.5, 0.6) is 0 Å². The van der Waals surface area contributed by atoms with Gasteiger partial charge in [0.2, 0.25) is 11.0 Å². The Balaban J connectivity index is 1.40. The predicted molar refractivity (Wildman–Crippen MR) is 93.1 cm³/mol. The normalized spacial score (nSPS) is 17.0. The molecule has 0 saturated carbocycles. The van der Waals surface area contributed by atoms with Gasteiger partial charge in [-0.3, -0.25) is 14.7 Å². The number of carbonyl (C=O) groups is 1. The van der Waals surface area contributed by atoms with Gasteiger partial charge >= 0.3 is 0 Å². The fourth-order valence-corrected chi connectivity index (χ4v) is 3.73. The standard InChI is InChI=1S/C15H17N7O3S/c1-8-9(13(24)22-14(18-8)16-7-17-22)4-5-11(23)19-15-21-20-12(26-15)10-3-2-6-25-10/h7,10H,2-6H2,1H3,(H,16,17,18)(H,19,21,23)/t10-/m0/s1. The van der Waals surface area contributed by atoms with Crippen LogP contribution in [0.25, 0.3) is 5.78 Å². The van der Waals surface area contributed by atoms with Crippen LogP contribution in [0.2, 0.25) is 0 Å². The van der Waals surface area contributed by atoms with Crippen LogP contribution < -0.4 is 10.9 Å². The highest BCUT2D eigenvalue weighted by Gasteiger charge is 2.22. The summed E-state index contributed by atoms with van der Waals surface area (Å²) in [5.74, 6) is 0.0878. The van der Waals surface area contributed by atoms with Crippen molar-refractivity contribution in [3.63, 3.8) is 0 Å². The van der Waals surface area contributed by atoms with Crippen molar-refractivity contribution in [2.45, 2.75) is 38.7 Å². The van der Waals surface area contributed by atoms with E-state index >= 15 is 0 Å². The fourth-order valence-electron chi connectivity index (χ4n) is 2.89. The van der Waals surface area contributed by atoms with Crippen LogP contribution in [0.4, 0.5) is 5.13 Å². The second-order valence-electron chi connectivity index (χ2n) is 6.00. The molecule has 1 fully saturated rings. The maximum atomic E-state index is 12.4. The third kappa shape index (κ3) is 3.22. The van der Waals surface area contributed by atoms with Gasteiger partial charge in [-0.15, -0.1) is 10.2 Å². The average molecular weight is 375 g/mol. The minimum atomic E-state index is -0.241. The smallest absolute Gasteiger partial charge is 0.277 e. The number of H-pyrrole nitrogens is 1.